The molecular weight excluding hydrogens is 346 g/mol. The SMILES string of the molecule is CN1C[C@H](NC(=O)c2ccc(-c3nc(N)nc4nc[nH]c34)cc2)CCC1=O. The van der Waals surface area contributed by atoms with Crippen molar-refractivity contribution in [3.8, 4) is 11.3 Å². The minimum atomic E-state index is -0.164. The quantitative estimate of drug-likeness (QED) is 0.634. The summed E-state index contributed by atoms with van der Waals surface area (Å²) < 4.78 is 0. The molecule has 0 aliphatic carbocycles. The number of piperidine rings is 1. The van der Waals surface area contributed by atoms with Crippen molar-refractivity contribution in [3.63, 3.8) is 0 Å². The molecule has 0 radical (unpaired) electrons. The average molecular weight is 365 g/mol. The number of likely N-dealkylation sites (tertiary alicyclic amines) is 1. The third-order valence-electron chi connectivity index (χ3n) is 4.69. The first-order valence-corrected chi connectivity index (χ1v) is 8.63. The number of nitrogens with one attached hydrogen (secondary N) is 2. The first kappa shape index (κ1) is 17.0. The smallest absolute Gasteiger partial charge is 0.251 e. The van der Waals surface area contributed by atoms with Crippen molar-refractivity contribution >= 4 is 28.9 Å². The van der Waals surface area contributed by atoms with E-state index in [1.807, 2.05) is 12.1 Å². The number of nitrogen functional groups attached to an aromatic ring is 1. The second kappa shape index (κ2) is 6.67. The van der Waals surface area contributed by atoms with Crippen LogP contribution in [0.4, 0.5) is 5.95 Å². The highest BCUT2D eigenvalue weighted by Crippen LogP contribution is 2.25. The molecule has 3 aromatic rings. The highest BCUT2D eigenvalue weighted by atomic mass is 16.2. The van der Waals surface area contributed by atoms with E-state index >= 15 is 0 Å². The van der Waals surface area contributed by atoms with E-state index in [0.29, 0.717) is 41.8 Å². The molecule has 0 unspecified atom stereocenters. The Kier molecular flexibility index (Phi) is 4.19. The zero-order chi connectivity index (χ0) is 19.0. The predicted octanol–water partition coefficient (Wildman–Crippen LogP) is 0.953. The molecule has 0 spiro atoms. The van der Waals surface area contributed by atoms with Gasteiger partial charge in [-0.3, -0.25) is 9.59 Å². The summed E-state index contributed by atoms with van der Waals surface area (Å²) in [6.45, 7) is 0.528. The van der Waals surface area contributed by atoms with E-state index in [0.717, 1.165) is 5.56 Å². The van der Waals surface area contributed by atoms with Crippen LogP contribution in [0.15, 0.2) is 30.6 Å². The number of hydrogen-bond acceptors (Lipinski definition) is 6. The molecule has 1 fully saturated rings. The van der Waals surface area contributed by atoms with Gasteiger partial charge in [0.25, 0.3) is 5.91 Å². The lowest BCUT2D eigenvalue weighted by Crippen LogP contribution is -2.48. The number of carbonyl (C=O) groups is 2. The Morgan fingerprint density at radius 1 is 1.30 bits per heavy atom. The number of anilines is 1. The Balaban J connectivity index is 1.52. The number of carbonyl (C=O) groups excluding carboxylic acids is 2. The van der Waals surface area contributed by atoms with Crippen LogP contribution >= 0.6 is 0 Å². The zero-order valence-electron chi connectivity index (χ0n) is 14.8. The van der Waals surface area contributed by atoms with Crippen LogP contribution in [0.1, 0.15) is 23.2 Å². The lowest BCUT2D eigenvalue weighted by molar-refractivity contribution is -0.132. The summed E-state index contributed by atoms with van der Waals surface area (Å²) in [4.78, 5) is 41.2. The van der Waals surface area contributed by atoms with E-state index in [1.54, 1.807) is 24.1 Å². The summed E-state index contributed by atoms with van der Waals surface area (Å²) in [6.07, 6.45) is 2.65. The number of hydrogen-bond donors (Lipinski definition) is 3. The van der Waals surface area contributed by atoms with Gasteiger partial charge in [-0.25, -0.2) is 9.97 Å². The number of H-pyrrole nitrogens is 1. The lowest BCUT2D eigenvalue weighted by Gasteiger charge is -2.30. The van der Waals surface area contributed by atoms with Gasteiger partial charge in [-0.1, -0.05) is 12.1 Å². The molecule has 9 heteroatoms. The molecule has 0 bridgehead atoms. The van der Waals surface area contributed by atoms with E-state index in [1.165, 1.54) is 6.33 Å². The molecule has 1 saturated heterocycles. The maximum atomic E-state index is 12.5. The zero-order valence-corrected chi connectivity index (χ0v) is 14.8. The van der Waals surface area contributed by atoms with Crippen molar-refractivity contribution in [2.45, 2.75) is 18.9 Å². The van der Waals surface area contributed by atoms with Gasteiger partial charge < -0.3 is 20.9 Å². The lowest BCUT2D eigenvalue weighted by atomic mass is 10.0. The first-order valence-electron chi connectivity index (χ1n) is 8.63. The van der Waals surface area contributed by atoms with Crippen molar-refractivity contribution in [3.05, 3.63) is 36.2 Å². The molecule has 1 aromatic carbocycles. The Morgan fingerprint density at radius 2 is 2.07 bits per heavy atom. The minimum Gasteiger partial charge on any atom is -0.368 e. The fourth-order valence-corrected chi connectivity index (χ4v) is 3.24. The normalized spacial score (nSPS) is 17.3. The van der Waals surface area contributed by atoms with Crippen LogP contribution < -0.4 is 11.1 Å². The third kappa shape index (κ3) is 3.31. The van der Waals surface area contributed by atoms with Crippen LogP contribution in [0.25, 0.3) is 22.4 Å². The molecule has 3 heterocycles. The number of nitrogens with zero attached hydrogens (tertiary/aromatic N) is 4. The molecule has 2 aromatic heterocycles. The van der Waals surface area contributed by atoms with Gasteiger partial charge in [0.2, 0.25) is 11.9 Å². The maximum absolute atomic E-state index is 12.5. The summed E-state index contributed by atoms with van der Waals surface area (Å²) in [5.74, 6) is 0.0877. The molecule has 0 saturated carbocycles. The van der Waals surface area contributed by atoms with Gasteiger partial charge in [0.05, 0.1) is 6.33 Å². The molecule has 9 nitrogen and oxygen atoms in total. The molecule has 1 aliphatic rings. The highest BCUT2D eigenvalue weighted by molar-refractivity contribution is 5.95. The summed E-state index contributed by atoms with van der Waals surface area (Å²) >= 11 is 0. The number of nitrogens with two attached hydrogens (primary N) is 1. The van der Waals surface area contributed by atoms with E-state index in [4.69, 9.17) is 5.73 Å². The molecule has 2 amide bonds. The largest absolute Gasteiger partial charge is 0.368 e. The molecular formula is C18H19N7O2. The van der Waals surface area contributed by atoms with Crippen LogP contribution in [0.5, 0.6) is 0 Å². The highest BCUT2D eigenvalue weighted by Gasteiger charge is 2.24. The molecule has 1 aliphatic heterocycles. The summed E-state index contributed by atoms with van der Waals surface area (Å²) in [6, 6.07) is 7.07. The van der Waals surface area contributed by atoms with Gasteiger partial charge in [0.1, 0.15) is 11.2 Å². The summed E-state index contributed by atoms with van der Waals surface area (Å²) in [7, 11) is 1.75. The van der Waals surface area contributed by atoms with E-state index in [2.05, 4.69) is 25.3 Å². The van der Waals surface area contributed by atoms with E-state index in [9.17, 15) is 9.59 Å². The number of aromatic amines is 1. The standard InChI is InChI=1S/C18H19N7O2/c1-25-8-12(6-7-13(25)26)22-17(27)11-4-2-10(3-5-11)14-15-16(21-9-20-15)24-18(19)23-14/h2-5,9,12H,6-8H2,1H3,(H,22,27)(H3,19,20,21,23,24)/t12-/m1/s1. The number of rotatable bonds is 3. The van der Waals surface area contributed by atoms with E-state index < -0.39 is 0 Å². The molecule has 4 rings (SSSR count). The molecule has 1 atom stereocenters. The van der Waals surface area contributed by atoms with Crippen molar-refractivity contribution in [2.75, 3.05) is 19.3 Å². The Hall–Kier alpha value is -3.49. The van der Waals surface area contributed by atoms with E-state index in [-0.39, 0.29) is 23.8 Å². The van der Waals surface area contributed by atoms with Crippen molar-refractivity contribution in [2.24, 2.45) is 0 Å². The molecule has 4 N–H and O–H groups in total. The molecule has 138 valence electrons. The maximum Gasteiger partial charge on any atom is 0.251 e. The summed E-state index contributed by atoms with van der Waals surface area (Å²) in [5, 5.41) is 2.99. The third-order valence-corrected chi connectivity index (χ3v) is 4.69. The van der Waals surface area contributed by atoms with Gasteiger partial charge >= 0.3 is 0 Å². The fourth-order valence-electron chi connectivity index (χ4n) is 3.24. The van der Waals surface area contributed by atoms with Crippen molar-refractivity contribution in [1.82, 2.24) is 30.2 Å². The number of benzene rings is 1. The second-order valence-corrected chi connectivity index (χ2v) is 6.59. The van der Waals surface area contributed by atoms with Gasteiger partial charge in [-0.05, 0) is 18.6 Å². The first-order chi connectivity index (χ1) is 13.0. The van der Waals surface area contributed by atoms with Gasteiger partial charge in [0, 0.05) is 37.2 Å². The number of likely N-dealkylation sites (N-methyl/N-ethyl adjacent to an activating group) is 1. The number of amides is 2. The van der Waals surface area contributed by atoms with Crippen molar-refractivity contribution < 1.29 is 9.59 Å². The van der Waals surface area contributed by atoms with Crippen LogP contribution in [0.3, 0.4) is 0 Å². The fraction of sp³-hybridized carbons (Fsp3) is 0.278. The van der Waals surface area contributed by atoms with Crippen LogP contribution in [0.2, 0.25) is 0 Å². The second-order valence-electron chi connectivity index (χ2n) is 6.59. The van der Waals surface area contributed by atoms with Crippen molar-refractivity contribution in [1.29, 1.82) is 0 Å². The Morgan fingerprint density at radius 3 is 2.81 bits per heavy atom. The number of aromatic nitrogens is 4. The predicted molar refractivity (Wildman–Crippen MR) is 99.7 cm³/mol. The monoisotopic (exact) mass is 365 g/mol. The van der Waals surface area contributed by atoms with Gasteiger partial charge in [-0.15, -0.1) is 0 Å². The number of imidazole rings is 1. The van der Waals surface area contributed by atoms with Crippen LogP contribution in [-0.2, 0) is 4.79 Å². The Bertz CT molecular complexity index is 1010. The topological polar surface area (TPSA) is 130 Å². The van der Waals surface area contributed by atoms with Crippen LogP contribution in [0, 0.1) is 0 Å². The number of fused-ring (bicyclic) bond motifs is 1. The minimum absolute atomic E-state index is 0.0360. The average Bonchev–Trinajstić information content (AvgIpc) is 3.12. The van der Waals surface area contributed by atoms with Crippen LogP contribution in [-0.4, -0.2) is 56.3 Å². The Labute approximate surface area is 155 Å². The van der Waals surface area contributed by atoms with Gasteiger partial charge in [0.15, 0.2) is 5.65 Å². The summed E-state index contributed by atoms with van der Waals surface area (Å²) in [5.41, 5.74) is 8.92. The molecule has 27 heavy (non-hydrogen) atoms. The van der Waals surface area contributed by atoms with Gasteiger partial charge in [-0.2, -0.15) is 4.98 Å².